The quantitative estimate of drug-likeness (QED) is 0.525. The van der Waals surface area contributed by atoms with Crippen LogP contribution in [0.1, 0.15) is 13.8 Å². The smallest absolute Gasteiger partial charge is 0.234 e. The van der Waals surface area contributed by atoms with Crippen LogP contribution in [0.5, 0.6) is 11.5 Å². The number of aromatic nitrogens is 2. The van der Waals surface area contributed by atoms with Gasteiger partial charge in [0.15, 0.2) is 20.2 Å². The minimum atomic E-state index is -0.412. The van der Waals surface area contributed by atoms with Crippen LogP contribution in [0.25, 0.3) is 0 Å². The van der Waals surface area contributed by atoms with Crippen molar-refractivity contribution in [3.8, 4) is 11.5 Å². The van der Waals surface area contributed by atoms with E-state index >= 15 is 0 Å². The lowest BCUT2D eigenvalue weighted by atomic mass is 10.2. The Bertz CT molecular complexity index is 785. The van der Waals surface area contributed by atoms with E-state index in [1.807, 2.05) is 13.8 Å². The molecule has 11 heteroatoms. The lowest BCUT2D eigenvalue weighted by Crippen LogP contribution is -2.14. The van der Waals surface area contributed by atoms with Gasteiger partial charge in [0.05, 0.1) is 24.7 Å². The normalized spacial score (nSPS) is 10.4. The molecule has 2 aromatic rings. The van der Waals surface area contributed by atoms with Crippen molar-refractivity contribution >= 4 is 52.4 Å². The van der Waals surface area contributed by atoms with E-state index < -0.39 is 5.91 Å². The molecule has 0 aliphatic carbocycles. The van der Waals surface area contributed by atoms with E-state index in [1.54, 1.807) is 18.2 Å². The summed E-state index contributed by atoms with van der Waals surface area (Å²) in [6.07, 6.45) is 0. The SMILES string of the molecule is CCOc1ccc(NC(=O)CSc2nnc(SCC(N)=O)s2)cc1OCC. The maximum absolute atomic E-state index is 12.2. The topological polar surface area (TPSA) is 116 Å². The Hall–Kier alpha value is -1.98. The number of thioether (sulfide) groups is 2. The summed E-state index contributed by atoms with van der Waals surface area (Å²) in [6.45, 7) is 4.81. The summed E-state index contributed by atoms with van der Waals surface area (Å²) in [5, 5.41) is 10.8. The van der Waals surface area contributed by atoms with E-state index in [0.717, 1.165) is 0 Å². The molecule has 0 saturated carbocycles. The highest BCUT2D eigenvalue weighted by Gasteiger charge is 2.11. The van der Waals surface area contributed by atoms with E-state index in [0.29, 0.717) is 39.1 Å². The number of nitrogens with one attached hydrogen (secondary N) is 1. The number of primary amides is 1. The van der Waals surface area contributed by atoms with Gasteiger partial charge < -0.3 is 20.5 Å². The van der Waals surface area contributed by atoms with E-state index in [1.165, 1.54) is 34.9 Å². The van der Waals surface area contributed by atoms with Crippen molar-refractivity contribution in [2.75, 3.05) is 30.0 Å². The molecule has 0 saturated heterocycles. The molecule has 0 aliphatic heterocycles. The number of hydrogen-bond acceptors (Lipinski definition) is 9. The molecule has 0 unspecified atom stereocenters. The van der Waals surface area contributed by atoms with E-state index in [2.05, 4.69) is 15.5 Å². The molecule has 0 atom stereocenters. The number of rotatable bonds is 11. The second-order valence-electron chi connectivity index (χ2n) is 4.95. The maximum Gasteiger partial charge on any atom is 0.234 e. The Kier molecular flexibility index (Phi) is 8.69. The van der Waals surface area contributed by atoms with Crippen molar-refractivity contribution in [3.63, 3.8) is 0 Å². The average Bonchev–Trinajstić information content (AvgIpc) is 3.09. The summed E-state index contributed by atoms with van der Waals surface area (Å²) < 4.78 is 12.4. The highest BCUT2D eigenvalue weighted by atomic mass is 32.2. The summed E-state index contributed by atoms with van der Waals surface area (Å²) in [7, 11) is 0. The fourth-order valence-electron chi connectivity index (χ4n) is 1.90. The van der Waals surface area contributed by atoms with E-state index in [4.69, 9.17) is 15.2 Å². The molecule has 1 aromatic carbocycles. The van der Waals surface area contributed by atoms with Gasteiger partial charge in [-0.2, -0.15) is 0 Å². The molecule has 0 radical (unpaired) electrons. The largest absolute Gasteiger partial charge is 0.490 e. The summed E-state index contributed by atoms with van der Waals surface area (Å²) in [4.78, 5) is 22.9. The Labute approximate surface area is 169 Å². The van der Waals surface area contributed by atoms with Gasteiger partial charge in [-0.3, -0.25) is 9.59 Å². The second-order valence-corrected chi connectivity index (χ2v) is 8.38. The molecule has 146 valence electrons. The van der Waals surface area contributed by atoms with Gasteiger partial charge in [0, 0.05) is 11.8 Å². The van der Waals surface area contributed by atoms with Crippen molar-refractivity contribution < 1.29 is 19.1 Å². The van der Waals surface area contributed by atoms with E-state index in [-0.39, 0.29) is 17.4 Å². The number of carbonyl (C=O) groups is 2. The van der Waals surface area contributed by atoms with Crippen LogP contribution in [0.4, 0.5) is 5.69 Å². The molecule has 3 N–H and O–H groups in total. The lowest BCUT2D eigenvalue weighted by molar-refractivity contribution is -0.115. The first-order valence-electron chi connectivity index (χ1n) is 8.08. The predicted octanol–water partition coefficient (Wildman–Crippen LogP) is 2.64. The highest BCUT2D eigenvalue weighted by molar-refractivity contribution is 8.03. The zero-order valence-corrected chi connectivity index (χ0v) is 17.3. The molecule has 1 heterocycles. The third-order valence-electron chi connectivity index (χ3n) is 2.88. The van der Waals surface area contributed by atoms with Gasteiger partial charge in [-0.1, -0.05) is 34.9 Å². The van der Waals surface area contributed by atoms with Gasteiger partial charge in [-0.15, -0.1) is 10.2 Å². The number of amides is 2. The molecular weight excluding hydrogens is 408 g/mol. The molecule has 0 spiro atoms. The van der Waals surface area contributed by atoms with E-state index in [9.17, 15) is 9.59 Å². The summed E-state index contributed by atoms with van der Waals surface area (Å²) >= 11 is 3.82. The number of anilines is 1. The summed E-state index contributed by atoms with van der Waals surface area (Å²) in [5.74, 6) is 0.983. The number of nitrogens with two attached hydrogens (primary N) is 1. The van der Waals surface area contributed by atoms with Crippen molar-refractivity contribution in [1.82, 2.24) is 10.2 Å². The third-order valence-corrected chi connectivity index (χ3v) is 6.09. The summed E-state index contributed by atoms with van der Waals surface area (Å²) in [6, 6.07) is 5.27. The first kappa shape index (κ1) is 21.3. The van der Waals surface area contributed by atoms with Gasteiger partial charge in [-0.05, 0) is 26.0 Å². The number of carbonyl (C=O) groups excluding carboxylic acids is 2. The van der Waals surface area contributed by atoms with Gasteiger partial charge in [0.1, 0.15) is 0 Å². The fourth-order valence-corrected chi connectivity index (χ4v) is 4.46. The van der Waals surface area contributed by atoms with Gasteiger partial charge in [-0.25, -0.2) is 0 Å². The molecule has 0 fully saturated rings. The molecule has 2 amide bonds. The number of ether oxygens (including phenoxy) is 2. The highest BCUT2D eigenvalue weighted by Crippen LogP contribution is 2.31. The van der Waals surface area contributed by atoms with Crippen LogP contribution in [0, 0.1) is 0 Å². The first-order valence-corrected chi connectivity index (χ1v) is 10.9. The molecule has 8 nitrogen and oxygen atoms in total. The number of hydrogen-bond donors (Lipinski definition) is 2. The zero-order valence-electron chi connectivity index (χ0n) is 14.9. The van der Waals surface area contributed by atoms with Crippen LogP contribution >= 0.6 is 34.9 Å². The Balaban J connectivity index is 1.88. The van der Waals surface area contributed by atoms with Crippen molar-refractivity contribution in [3.05, 3.63) is 18.2 Å². The minimum absolute atomic E-state index is 0.152. The molecule has 0 bridgehead atoms. The van der Waals surface area contributed by atoms with Crippen molar-refractivity contribution in [2.45, 2.75) is 22.5 Å². The molecule has 27 heavy (non-hydrogen) atoms. The van der Waals surface area contributed by atoms with Crippen molar-refractivity contribution in [2.24, 2.45) is 5.73 Å². The number of benzene rings is 1. The van der Waals surface area contributed by atoms with Crippen LogP contribution in [-0.2, 0) is 9.59 Å². The Morgan fingerprint density at radius 2 is 1.70 bits per heavy atom. The summed E-state index contributed by atoms with van der Waals surface area (Å²) in [5.41, 5.74) is 5.72. The molecule has 1 aromatic heterocycles. The average molecular weight is 429 g/mol. The van der Waals surface area contributed by atoms with Crippen LogP contribution in [0.2, 0.25) is 0 Å². The monoisotopic (exact) mass is 428 g/mol. The van der Waals surface area contributed by atoms with Crippen molar-refractivity contribution in [1.29, 1.82) is 0 Å². The number of nitrogens with zero attached hydrogens (tertiary/aromatic N) is 2. The second kappa shape index (κ2) is 11.0. The molecule has 0 aliphatic rings. The third kappa shape index (κ3) is 7.27. The minimum Gasteiger partial charge on any atom is -0.490 e. The van der Waals surface area contributed by atoms with Gasteiger partial charge in [0.25, 0.3) is 0 Å². The molecule has 2 rings (SSSR count). The van der Waals surface area contributed by atoms with Crippen LogP contribution in [0.3, 0.4) is 0 Å². The maximum atomic E-state index is 12.2. The predicted molar refractivity (Wildman–Crippen MR) is 108 cm³/mol. The molecular formula is C16H20N4O4S3. The first-order chi connectivity index (χ1) is 13.0. The lowest BCUT2D eigenvalue weighted by Gasteiger charge is -2.12. The van der Waals surface area contributed by atoms with Crippen LogP contribution in [-0.4, -0.2) is 46.7 Å². The Morgan fingerprint density at radius 3 is 2.33 bits per heavy atom. The van der Waals surface area contributed by atoms with Crippen LogP contribution < -0.4 is 20.5 Å². The Morgan fingerprint density at radius 1 is 1.07 bits per heavy atom. The van der Waals surface area contributed by atoms with Crippen LogP contribution in [0.15, 0.2) is 26.9 Å². The standard InChI is InChI=1S/C16H20N4O4S3/c1-3-23-11-6-5-10(7-12(11)24-4-2)18-14(22)9-26-16-20-19-15(27-16)25-8-13(17)21/h5-7H,3-4,8-9H2,1-2H3,(H2,17,21)(H,18,22). The zero-order chi connectivity index (χ0) is 19.6. The van der Waals surface area contributed by atoms with Gasteiger partial charge in [0.2, 0.25) is 11.8 Å². The van der Waals surface area contributed by atoms with Gasteiger partial charge >= 0.3 is 0 Å². The fraction of sp³-hybridized carbons (Fsp3) is 0.375.